The number of benzene rings is 1. The summed E-state index contributed by atoms with van der Waals surface area (Å²) in [7, 11) is 0. The Balaban J connectivity index is 2.49. The van der Waals surface area contributed by atoms with E-state index in [1.165, 1.54) is 0 Å². The van der Waals surface area contributed by atoms with Gasteiger partial charge < -0.3 is 4.42 Å². The monoisotopic (exact) mass is 242 g/mol. The third kappa shape index (κ3) is 1.98. The molecular formula is C10H8Cl2N2O. The Morgan fingerprint density at radius 3 is 2.80 bits per heavy atom. The fraction of sp³-hybridized carbons (Fsp3) is 0.200. The molecule has 0 aliphatic heterocycles. The van der Waals surface area contributed by atoms with Gasteiger partial charge in [-0.3, -0.25) is 0 Å². The molecule has 1 aromatic heterocycles. The molecule has 3 nitrogen and oxygen atoms in total. The van der Waals surface area contributed by atoms with Gasteiger partial charge >= 0.3 is 0 Å². The van der Waals surface area contributed by atoms with E-state index in [1.54, 1.807) is 0 Å². The van der Waals surface area contributed by atoms with Crippen LogP contribution in [0.5, 0.6) is 0 Å². The van der Waals surface area contributed by atoms with E-state index in [9.17, 15) is 0 Å². The van der Waals surface area contributed by atoms with Gasteiger partial charge in [0.25, 0.3) is 0 Å². The summed E-state index contributed by atoms with van der Waals surface area (Å²) in [6.07, 6.45) is 0. The highest BCUT2D eigenvalue weighted by atomic mass is 35.5. The lowest BCUT2D eigenvalue weighted by atomic mass is 10.1. The SMILES string of the molecule is Cc1c(Cl)cccc1-c1nnc(CCl)o1. The van der Waals surface area contributed by atoms with Crippen LogP contribution < -0.4 is 0 Å². The number of rotatable bonds is 2. The van der Waals surface area contributed by atoms with Crippen LogP contribution in [0.3, 0.4) is 0 Å². The van der Waals surface area contributed by atoms with Crippen molar-refractivity contribution in [1.29, 1.82) is 0 Å². The van der Waals surface area contributed by atoms with Gasteiger partial charge in [0.15, 0.2) is 0 Å². The largest absolute Gasteiger partial charge is 0.419 e. The van der Waals surface area contributed by atoms with Crippen LogP contribution in [0.15, 0.2) is 22.6 Å². The van der Waals surface area contributed by atoms with Gasteiger partial charge in [-0.2, -0.15) is 0 Å². The molecule has 0 amide bonds. The van der Waals surface area contributed by atoms with E-state index in [2.05, 4.69) is 10.2 Å². The molecule has 0 fully saturated rings. The van der Waals surface area contributed by atoms with E-state index in [1.807, 2.05) is 25.1 Å². The molecule has 2 rings (SSSR count). The summed E-state index contributed by atoms with van der Waals surface area (Å²) < 4.78 is 5.34. The van der Waals surface area contributed by atoms with Gasteiger partial charge in [0.2, 0.25) is 11.8 Å². The molecule has 0 N–H and O–H groups in total. The zero-order valence-electron chi connectivity index (χ0n) is 8.00. The number of nitrogens with zero attached hydrogens (tertiary/aromatic N) is 2. The van der Waals surface area contributed by atoms with Crippen molar-refractivity contribution in [1.82, 2.24) is 10.2 Å². The predicted octanol–water partition coefficient (Wildman–Crippen LogP) is 3.44. The standard InChI is InChI=1S/C10H8Cl2N2O/c1-6-7(3-2-4-8(6)12)10-14-13-9(5-11)15-10/h2-4H,5H2,1H3. The molecule has 0 radical (unpaired) electrons. The molecular weight excluding hydrogens is 235 g/mol. The number of aromatic nitrogens is 2. The number of halogens is 2. The summed E-state index contributed by atoms with van der Waals surface area (Å²) in [6, 6.07) is 5.54. The average Bonchev–Trinajstić information content (AvgIpc) is 2.70. The topological polar surface area (TPSA) is 38.9 Å². The first-order chi connectivity index (χ1) is 7.22. The smallest absolute Gasteiger partial charge is 0.248 e. The van der Waals surface area contributed by atoms with Crippen molar-refractivity contribution in [3.63, 3.8) is 0 Å². The zero-order chi connectivity index (χ0) is 10.8. The van der Waals surface area contributed by atoms with Crippen LogP contribution in [0.4, 0.5) is 0 Å². The first-order valence-corrected chi connectivity index (χ1v) is 5.27. The summed E-state index contributed by atoms with van der Waals surface area (Å²) in [5.41, 5.74) is 1.76. The van der Waals surface area contributed by atoms with Gasteiger partial charge in [-0.25, -0.2) is 0 Å². The molecule has 0 saturated carbocycles. The fourth-order valence-electron chi connectivity index (χ4n) is 1.26. The highest BCUT2D eigenvalue weighted by Gasteiger charge is 2.11. The minimum atomic E-state index is 0.215. The van der Waals surface area contributed by atoms with Crippen LogP contribution in [0, 0.1) is 6.92 Å². The van der Waals surface area contributed by atoms with E-state index in [0.29, 0.717) is 16.8 Å². The molecule has 0 saturated heterocycles. The molecule has 0 spiro atoms. The van der Waals surface area contributed by atoms with Gasteiger partial charge in [0.05, 0.1) is 0 Å². The van der Waals surface area contributed by atoms with Crippen molar-refractivity contribution in [2.24, 2.45) is 0 Å². The molecule has 0 bridgehead atoms. The van der Waals surface area contributed by atoms with E-state index in [0.717, 1.165) is 11.1 Å². The van der Waals surface area contributed by atoms with E-state index in [4.69, 9.17) is 27.6 Å². The van der Waals surface area contributed by atoms with E-state index >= 15 is 0 Å². The lowest BCUT2D eigenvalue weighted by molar-refractivity contribution is 0.527. The van der Waals surface area contributed by atoms with Crippen molar-refractivity contribution in [2.45, 2.75) is 12.8 Å². The Bertz CT molecular complexity index is 482. The quantitative estimate of drug-likeness (QED) is 0.758. The fourth-order valence-corrected chi connectivity index (χ4v) is 1.54. The lowest BCUT2D eigenvalue weighted by Crippen LogP contribution is -1.84. The van der Waals surface area contributed by atoms with Crippen LogP contribution in [0.2, 0.25) is 5.02 Å². The number of alkyl halides is 1. The molecule has 2 aromatic rings. The normalized spacial score (nSPS) is 10.6. The Morgan fingerprint density at radius 2 is 2.13 bits per heavy atom. The van der Waals surface area contributed by atoms with Crippen molar-refractivity contribution in [3.05, 3.63) is 34.7 Å². The Hall–Kier alpha value is -1.06. The summed E-state index contributed by atoms with van der Waals surface area (Å²) in [6.45, 7) is 1.90. The van der Waals surface area contributed by atoms with E-state index < -0.39 is 0 Å². The van der Waals surface area contributed by atoms with Crippen molar-refractivity contribution >= 4 is 23.2 Å². The van der Waals surface area contributed by atoms with Crippen LogP contribution in [0.25, 0.3) is 11.5 Å². The molecule has 1 aromatic carbocycles. The van der Waals surface area contributed by atoms with Crippen LogP contribution in [-0.4, -0.2) is 10.2 Å². The van der Waals surface area contributed by atoms with Crippen LogP contribution >= 0.6 is 23.2 Å². The molecule has 0 unspecified atom stereocenters. The molecule has 0 aliphatic rings. The maximum Gasteiger partial charge on any atom is 0.248 e. The highest BCUT2D eigenvalue weighted by molar-refractivity contribution is 6.31. The molecule has 0 aliphatic carbocycles. The first-order valence-electron chi connectivity index (χ1n) is 4.36. The van der Waals surface area contributed by atoms with Gasteiger partial charge in [-0.1, -0.05) is 17.7 Å². The first kappa shape index (κ1) is 10.5. The summed E-state index contributed by atoms with van der Waals surface area (Å²) in [5, 5.41) is 8.37. The number of hydrogen-bond acceptors (Lipinski definition) is 3. The number of hydrogen-bond donors (Lipinski definition) is 0. The third-order valence-electron chi connectivity index (χ3n) is 2.08. The lowest BCUT2D eigenvalue weighted by Gasteiger charge is -2.01. The molecule has 5 heteroatoms. The van der Waals surface area contributed by atoms with Gasteiger partial charge in [-0.15, -0.1) is 21.8 Å². The highest BCUT2D eigenvalue weighted by Crippen LogP contribution is 2.27. The predicted molar refractivity (Wildman–Crippen MR) is 59.0 cm³/mol. The third-order valence-corrected chi connectivity index (χ3v) is 2.72. The Kier molecular flexibility index (Phi) is 2.93. The average molecular weight is 243 g/mol. The maximum atomic E-state index is 5.99. The second-order valence-corrected chi connectivity index (χ2v) is 3.72. The van der Waals surface area contributed by atoms with Crippen molar-refractivity contribution in [2.75, 3.05) is 0 Å². The molecule has 0 atom stereocenters. The zero-order valence-corrected chi connectivity index (χ0v) is 9.51. The second kappa shape index (κ2) is 4.21. The molecule has 1 heterocycles. The Morgan fingerprint density at radius 1 is 1.33 bits per heavy atom. The second-order valence-electron chi connectivity index (χ2n) is 3.05. The summed E-state index contributed by atoms with van der Waals surface area (Å²) in [5.74, 6) is 1.07. The van der Waals surface area contributed by atoms with Crippen LogP contribution in [0.1, 0.15) is 11.5 Å². The van der Waals surface area contributed by atoms with Crippen LogP contribution in [-0.2, 0) is 5.88 Å². The summed E-state index contributed by atoms with van der Waals surface area (Å²) >= 11 is 11.6. The van der Waals surface area contributed by atoms with E-state index in [-0.39, 0.29) is 5.88 Å². The van der Waals surface area contributed by atoms with Gasteiger partial charge in [-0.05, 0) is 24.6 Å². The summed E-state index contributed by atoms with van der Waals surface area (Å²) in [4.78, 5) is 0. The van der Waals surface area contributed by atoms with Gasteiger partial charge in [0.1, 0.15) is 5.88 Å². The maximum absolute atomic E-state index is 5.99. The minimum Gasteiger partial charge on any atom is -0.419 e. The van der Waals surface area contributed by atoms with Gasteiger partial charge in [0, 0.05) is 10.6 Å². The molecule has 78 valence electrons. The van der Waals surface area contributed by atoms with Crippen molar-refractivity contribution < 1.29 is 4.42 Å². The minimum absolute atomic E-state index is 0.215. The Labute approximate surface area is 97.0 Å². The van der Waals surface area contributed by atoms with Crippen molar-refractivity contribution in [3.8, 4) is 11.5 Å². The molecule has 15 heavy (non-hydrogen) atoms.